The van der Waals surface area contributed by atoms with Gasteiger partial charge < -0.3 is 4.90 Å². The van der Waals surface area contributed by atoms with Gasteiger partial charge in [0.15, 0.2) is 0 Å². The highest BCUT2D eigenvalue weighted by Crippen LogP contribution is 2.22. The summed E-state index contributed by atoms with van der Waals surface area (Å²) in [5, 5.41) is 4.05. The van der Waals surface area contributed by atoms with Crippen LogP contribution in [0.2, 0.25) is 0 Å². The van der Waals surface area contributed by atoms with E-state index in [0.29, 0.717) is 24.7 Å². The molecular weight excluding hydrogens is 321 g/mol. The van der Waals surface area contributed by atoms with E-state index < -0.39 is 0 Å². The number of hydrogen-bond donors (Lipinski definition) is 0. The normalized spacial score (nSPS) is 17.5. The number of nitrogens with zero attached hydrogens (tertiary/aromatic N) is 3. The average Bonchev–Trinajstić information content (AvgIpc) is 2.62. The number of carbonyl (C=O) groups is 1. The molecule has 1 aromatic heterocycles. The SMILES string of the molecule is Cn1nc(C(=O)N2CCC[C@H](CCc3cccc(F)c3)C2)ccc1=O. The van der Waals surface area contributed by atoms with Crippen LogP contribution in [0, 0.1) is 11.7 Å². The maximum Gasteiger partial charge on any atom is 0.274 e. The van der Waals surface area contributed by atoms with Crippen LogP contribution in [0.5, 0.6) is 0 Å². The van der Waals surface area contributed by atoms with Crippen molar-refractivity contribution in [2.75, 3.05) is 13.1 Å². The Balaban J connectivity index is 1.61. The minimum Gasteiger partial charge on any atom is -0.337 e. The Bertz CT molecular complexity index is 818. The molecule has 6 heteroatoms. The smallest absolute Gasteiger partial charge is 0.274 e. The van der Waals surface area contributed by atoms with Crippen molar-refractivity contribution in [1.82, 2.24) is 14.7 Å². The summed E-state index contributed by atoms with van der Waals surface area (Å²) in [6.07, 6.45) is 3.75. The standard InChI is InChI=1S/C19H22FN3O2/c1-22-18(24)10-9-17(21-22)19(25)23-11-3-5-15(13-23)8-7-14-4-2-6-16(20)12-14/h2,4,6,9-10,12,15H,3,5,7-8,11,13H2,1H3/t15-/m1/s1. The predicted octanol–water partition coefficient (Wildman–Crippen LogP) is 2.40. The van der Waals surface area contributed by atoms with Gasteiger partial charge in [-0.3, -0.25) is 9.59 Å². The number of hydrogen-bond acceptors (Lipinski definition) is 3. The summed E-state index contributed by atoms with van der Waals surface area (Å²) < 4.78 is 14.4. The molecule has 0 saturated carbocycles. The Morgan fingerprint density at radius 2 is 2.16 bits per heavy atom. The van der Waals surface area contributed by atoms with Crippen LogP contribution in [-0.4, -0.2) is 33.7 Å². The number of amides is 1. The topological polar surface area (TPSA) is 55.2 Å². The maximum atomic E-state index is 13.3. The number of aryl methyl sites for hydroxylation is 2. The van der Waals surface area contributed by atoms with Crippen molar-refractivity contribution in [2.45, 2.75) is 25.7 Å². The van der Waals surface area contributed by atoms with Crippen LogP contribution in [0.15, 0.2) is 41.2 Å². The molecule has 0 unspecified atom stereocenters. The number of benzene rings is 1. The van der Waals surface area contributed by atoms with E-state index >= 15 is 0 Å². The van der Waals surface area contributed by atoms with E-state index in [1.807, 2.05) is 11.0 Å². The first kappa shape index (κ1) is 17.3. The fraction of sp³-hybridized carbons (Fsp3) is 0.421. The van der Waals surface area contributed by atoms with Gasteiger partial charge in [0, 0.05) is 26.2 Å². The van der Waals surface area contributed by atoms with Gasteiger partial charge in [0.1, 0.15) is 11.5 Å². The van der Waals surface area contributed by atoms with Gasteiger partial charge in [-0.15, -0.1) is 0 Å². The summed E-state index contributed by atoms with van der Waals surface area (Å²) in [7, 11) is 1.54. The van der Waals surface area contributed by atoms with Gasteiger partial charge in [0.2, 0.25) is 0 Å². The lowest BCUT2D eigenvalue weighted by Crippen LogP contribution is -2.41. The van der Waals surface area contributed by atoms with Gasteiger partial charge in [-0.2, -0.15) is 5.10 Å². The first-order valence-electron chi connectivity index (χ1n) is 8.61. The Labute approximate surface area is 146 Å². The Morgan fingerprint density at radius 3 is 2.92 bits per heavy atom. The molecule has 1 aliphatic rings. The largest absolute Gasteiger partial charge is 0.337 e. The van der Waals surface area contributed by atoms with Gasteiger partial charge in [-0.25, -0.2) is 9.07 Å². The second-order valence-corrected chi connectivity index (χ2v) is 6.61. The van der Waals surface area contributed by atoms with Crippen molar-refractivity contribution in [2.24, 2.45) is 13.0 Å². The van der Waals surface area contributed by atoms with E-state index in [9.17, 15) is 14.0 Å². The molecule has 1 aliphatic heterocycles. The molecule has 2 heterocycles. The molecule has 132 valence electrons. The molecule has 25 heavy (non-hydrogen) atoms. The quantitative estimate of drug-likeness (QED) is 0.857. The average molecular weight is 343 g/mol. The molecule has 3 rings (SSSR count). The number of halogens is 1. The summed E-state index contributed by atoms with van der Waals surface area (Å²) in [5.41, 5.74) is 1.05. The van der Waals surface area contributed by atoms with Crippen molar-refractivity contribution >= 4 is 5.91 Å². The Kier molecular flexibility index (Phi) is 5.26. The lowest BCUT2D eigenvalue weighted by Gasteiger charge is -2.32. The molecule has 2 aromatic rings. The number of carbonyl (C=O) groups excluding carboxylic acids is 1. The summed E-state index contributed by atoms with van der Waals surface area (Å²) >= 11 is 0. The van der Waals surface area contributed by atoms with E-state index in [1.54, 1.807) is 12.1 Å². The molecule has 1 aromatic carbocycles. The number of aromatic nitrogens is 2. The molecule has 1 fully saturated rings. The first-order chi connectivity index (χ1) is 12.0. The fourth-order valence-electron chi connectivity index (χ4n) is 3.33. The predicted molar refractivity (Wildman–Crippen MR) is 92.8 cm³/mol. The van der Waals surface area contributed by atoms with E-state index in [-0.39, 0.29) is 17.3 Å². The van der Waals surface area contributed by atoms with Gasteiger partial charge in [0.05, 0.1) is 0 Å². The summed E-state index contributed by atoms with van der Waals surface area (Å²) in [6, 6.07) is 9.54. The second-order valence-electron chi connectivity index (χ2n) is 6.61. The van der Waals surface area contributed by atoms with Crippen LogP contribution in [0.1, 0.15) is 35.3 Å². The van der Waals surface area contributed by atoms with Crippen LogP contribution in [0.25, 0.3) is 0 Å². The molecule has 1 amide bonds. The molecule has 0 spiro atoms. The van der Waals surface area contributed by atoms with E-state index in [4.69, 9.17) is 0 Å². The zero-order valence-electron chi connectivity index (χ0n) is 14.3. The van der Waals surface area contributed by atoms with E-state index in [2.05, 4.69) is 5.10 Å². The lowest BCUT2D eigenvalue weighted by atomic mass is 9.91. The van der Waals surface area contributed by atoms with Crippen LogP contribution >= 0.6 is 0 Å². The third-order valence-electron chi connectivity index (χ3n) is 4.72. The van der Waals surface area contributed by atoms with Crippen molar-refractivity contribution in [3.05, 3.63) is 63.8 Å². The monoisotopic (exact) mass is 343 g/mol. The zero-order chi connectivity index (χ0) is 17.8. The van der Waals surface area contributed by atoms with Gasteiger partial charge in [0.25, 0.3) is 11.5 Å². The third-order valence-corrected chi connectivity index (χ3v) is 4.72. The highest BCUT2D eigenvalue weighted by molar-refractivity contribution is 5.92. The Hall–Kier alpha value is -2.50. The van der Waals surface area contributed by atoms with Crippen LogP contribution in [-0.2, 0) is 13.5 Å². The van der Waals surface area contributed by atoms with Crippen molar-refractivity contribution in [3.63, 3.8) is 0 Å². The summed E-state index contributed by atoms with van der Waals surface area (Å²) in [6.45, 7) is 1.39. The molecule has 0 bridgehead atoms. The molecule has 1 saturated heterocycles. The van der Waals surface area contributed by atoms with E-state index in [1.165, 1.54) is 29.9 Å². The van der Waals surface area contributed by atoms with Crippen molar-refractivity contribution in [3.8, 4) is 0 Å². The van der Waals surface area contributed by atoms with Gasteiger partial charge >= 0.3 is 0 Å². The van der Waals surface area contributed by atoms with Crippen LogP contribution in [0.3, 0.4) is 0 Å². The summed E-state index contributed by atoms with van der Waals surface area (Å²) in [5.74, 6) is 0.0540. The molecular formula is C19H22FN3O2. The van der Waals surface area contributed by atoms with E-state index in [0.717, 1.165) is 31.2 Å². The first-order valence-corrected chi connectivity index (χ1v) is 8.61. The minimum atomic E-state index is -0.233. The molecule has 5 nitrogen and oxygen atoms in total. The maximum absolute atomic E-state index is 13.3. The second kappa shape index (κ2) is 7.59. The minimum absolute atomic E-state index is 0.133. The van der Waals surface area contributed by atoms with Crippen molar-refractivity contribution in [1.29, 1.82) is 0 Å². The number of piperidine rings is 1. The molecule has 0 radical (unpaired) electrons. The fourth-order valence-corrected chi connectivity index (χ4v) is 3.33. The number of likely N-dealkylation sites (tertiary alicyclic amines) is 1. The van der Waals surface area contributed by atoms with Gasteiger partial charge in [-0.05, 0) is 55.4 Å². The van der Waals surface area contributed by atoms with Crippen LogP contribution in [0.4, 0.5) is 4.39 Å². The highest BCUT2D eigenvalue weighted by atomic mass is 19.1. The summed E-state index contributed by atoms with van der Waals surface area (Å²) in [4.78, 5) is 25.9. The molecule has 0 N–H and O–H groups in total. The zero-order valence-corrected chi connectivity index (χ0v) is 14.3. The highest BCUT2D eigenvalue weighted by Gasteiger charge is 2.25. The van der Waals surface area contributed by atoms with Crippen molar-refractivity contribution < 1.29 is 9.18 Å². The lowest BCUT2D eigenvalue weighted by molar-refractivity contribution is 0.0660. The number of rotatable bonds is 4. The molecule has 0 aliphatic carbocycles. The third kappa shape index (κ3) is 4.32. The Morgan fingerprint density at radius 1 is 1.32 bits per heavy atom. The molecule has 1 atom stereocenters. The van der Waals surface area contributed by atoms with Crippen LogP contribution < -0.4 is 5.56 Å². The van der Waals surface area contributed by atoms with Gasteiger partial charge in [-0.1, -0.05) is 12.1 Å².